The van der Waals surface area contributed by atoms with Crippen molar-refractivity contribution >= 4 is 0 Å². The number of hydrogen-bond donors (Lipinski definition) is 7. The van der Waals surface area contributed by atoms with Crippen molar-refractivity contribution in [3.05, 3.63) is 252 Å². The number of aromatic hydroxyl groups is 1. The molecule has 8 heterocycles. The largest absolute Gasteiger partial charge is 0.507 e. The Balaban J connectivity index is 1.02. The van der Waals surface area contributed by atoms with Gasteiger partial charge in [0.15, 0.2) is 0 Å². The molecule has 0 saturated heterocycles. The molecule has 15 rings (SSSR count). The monoisotopic (exact) mass is 1130 g/mol. The van der Waals surface area contributed by atoms with Crippen molar-refractivity contribution in [2.75, 3.05) is 0 Å². The number of para-hydroxylation sites is 1. The highest BCUT2D eigenvalue weighted by Crippen LogP contribution is 2.35. The number of benzene rings is 7. The molecule has 436 valence electrons. The van der Waals surface area contributed by atoms with E-state index in [-0.39, 0.29) is 0 Å². The second-order valence-corrected chi connectivity index (χ2v) is 23.0. The van der Waals surface area contributed by atoms with Crippen molar-refractivity contribution in [2.45, 2.75) is 159 Å². The first-order valence-corrected chi connectivity index (χ1v) is 31.5. The minimum absolute atomic E-state index is 0.362. The predicted octanol–water partition coefficient (Wildman–Crippen LogP) is 14.6. The number of nitrogens with one attached hydrogen (secondary N) is 6. The summed E-state index contributed by atoms with van der Waals surface area (Å²) >= 11 is 0. The molecule has 0 saturated carbocycles. The van der Waals surface area contributed by atoms with E-state index in [2.05, 4.69) is 225 Å². The Kier molecular flexibility index (Phi) is 19.5. The molecule has 20 bridgehead atoms. The Labute approximate surface area is 505 Å². The van der Waals surface area contributed by atoms with Crippen molar-refractivity contribution in [1.82, 2.24) is 41.9 Å². The molecule has 9 nitrogen and oxygen atoms in total. The molecule has 85 heavy (non-hydrogen) atoms. The maximum Gasteiger partial charge on any atom is 0.124 e. The van der Waals surface area contributed by atoms with E-state index >= 15 is 0 Å². The highest BCUT2D eigenvalue weighted by Gasteiger charge is 2.24. The van der Waals surface area contributed by atoms with Gasteiger partial charge in [0.1, 0.15) is 5.75 Å². The average Bonchev–Trinajstić information content (AvgIpc) is 3.26. The van der Waals surface area contributed by atoms with Crippen LogP contribution in [0, 0.1) is 0 Å². The number of aromatic nitrogens is 2. The fraction of sp³-hybridized carbons (Fsp3) is 0.316. The molecule has 6 aliphatic heterocycles. The second-order valence-electron chi connectivity index (χ2n) is 23.0. The van der Waals surface area contributed by atoms with Crippen LogP contribution in [0.1, 0.15) is 142 Å². The Bertz CT molecular complexity index is 3300. The zero-order valence-electron chi connectivity index (χ0n) is 51.0. The minimum Gasteiger partial charge on any atom is -0.507 e. The van der Waals surface area contributed by atoms with Crippen LogP contribution in [-0.4, -0.2) is 15.1 Å². The van der Waals surface area contributed by atoms with E-state index in [9.17, 15) is 5.11 Å². The van der Waals surface area contributed by atoms with Gasteiger partial charge in [-0.25, -0.2) is 9.97 Å². The summed E-state index contributed by atoms with van der Waals surface area (Å²) in [5.41, 5.74) is 32.0. The van der Waals surface area contributed by atoms with Crippen molar-refractivity contribution in [3.8, 4) is 50.8 Å². The van der Waals surface area contributed by atoms with Gasteiger partial charge >= 0.3 is 0 Å². The van der Waals surface area contributed by atoms with Crippen LogP contribution in [0.3, 0.4) is 0 Å². The van der Waals surface area contributed by atoms with Crippen LogP contribution in [0.2, 0.25) is 0 Å². The summed E-state index contributed by atoms with van der Waals surface area (Å²) in [7, 11) is 0. The van der Waals surface area contributed by atoms with Gasteiger partial charge in [-0.3, -0.25) is 0 Å². The molecule has 7 N–H and O–H groups in total. The van der Waals surface area contributed by atoms with Gasteiger partial charge < -0.3 is 37.0 Å². The lowest BCUT2D eigenvalue weighted by molar-refractivity contribution is 0.453. The summed E-state index contributed by atoms with van der Waals surface area (Å²) in [6.45, 7) is 22.4. The first kappa shape index (κ1) is 59.1. The summed E-state index contributed by atoms with van der Waals surface area (Å²) in [4.78, 5) is 10.4. The van der Waals surface area contributed by atoms with Crippen LogP contribution in [-0.2, 0) is 117 Å². The van der Waals surface area contributed by atoms with Crippen LogP contribution in [0.15, 0.2) is 152 Å². The topological polar surface area (TPSA) is 118 Å². The average molecular weight is 1130 g/mol. The Morgan fingerprint density at radius 3 is 0.706 bits per heavy atom. The maximum atomic E-state index is 12.1. The molecule has 7 aromatic carbocycles. The first-order chi connectivity index (χ1) is 41.8. The Morgan fingerprint density at radius 2 is 0.482 bits per heavy atom. The van der Waals surface area contributed by atoms with E-state index < -0.39 is 0 Å². The molecule has 0 aliphatic carbocycles. The number of phenols is 1. The maximum absolute atomic E-state index is 12.1. The van der Waals surface area contributed by atoms with Gasteiger partial charge in [-0.15, -0.1) is 0 Å². The van der Waals surface area contributed by atoms with E-state index in [1.807, 2.05) is 0 Å². The van der Waals surface area contributed by atoms with Crippen LogP contribution >= 0.6 is 0 Å². The SMILES string of the molecule is CCc1c2c(CC)c3c(CC)c1CNCc1ccc(cc1)-c1cccc(n1)-c1ccc(cc1)CNCc1c(CC)c(c(CC)c(c1CC)CNCc1cccc(c1O)CNC3)CNCc1ccc(cc1)-c1cccc(n1)-c1ccc(cc1)CNC2. The van der Waals surface area contributed by atoms with Crippen molar-refractivity contribution in [2.24, 2.45) is 0 Å². The summed E-state index contributed by atoms with van der Waals surface area (Å²) in [5, 5.41) is 35.6. The van der Waals surface area contributed by atoms with Crippen molar-refractivity contribution in [1.29, 1.82) is 0 Å². The minimum atomic E-state index is 0.362. The third kappa shape index (κ3) is 13.3. The number of nitrogens with zero attached hydrogens (tertiary/aromatic N) is 2. The fourth-order valence-electron chi connectivity index (χ4n) is 13.6. The molecule has 6 aliphatic rings. The van der Waals surface area contributed by atoms with Gasteiger partial charge in [-0.05, 0) is 152 Å². The molecule has 0 spiro atoms. The van der Waals surface area contributed by atoms with E-state index in [0.29, 0.717) is 31.9 Å². The second kappa shape index (κ2) is 28.1. The van der Waals surface area contributed by atoms with E-state index in [0.717, 1.165) is 147 Å². The zero-order chi connectivity index (χ0) is 58.7. The van der Waals surface area contributed by atoms with Crippen molar-refractivity contribution in [3.63, 3.8) is 0 Å². The predicted molar refractivity (Wildman–Crippen MR) is 351 cm³/mol. The lowest BCUT2D eigenvalue weighted by atomic mass is 9.83. The molecule has 9 heteroatoms. The molecule has 0 amide bonds. The summed E-state index contributed by atoms with van der Waals surface area (Å²) in [6, 6.07) is 54.7. The number of pyridine rings is 2. The lowest BCUT2D eigenvalue weighted by Gasteiger charge is -2.27. The molecule has 9 aromatic rings. The highest BCUT2D eigenvalue weighted by molar-refractivity contribution is 5.68. The molecule has 2 aromatic heterocycles. The van der Waals surface area contributed by atoms with E-state index in [1.54, 1.807) is 0 Å². The number of hydrogen-bond acceptors (Lipinski definition) is 9. The van der Waals surface area contributed by atoms with Gasteiger partial charge in [-0.2, -0.15) is 0 Å². The van der Waals surface area contributed by atoms with E-state index in [4.69, 9.17) is 9.97 Å². The molecule has 0 radical (unpaired) electrons. The number of phenolic OH excluding ortho intramolecular Hbond substituents is 1. The van der Waals surface area contributed by atoms with Gasteiger partial charge in [-0.1, -0.05) is 169 Å². The van der Waals surface area contributed by atoms with Gasteiger partial charge in [0.25, 0.3) is 0 Å². The molecular weight excluding hydrogens is 1040 g/mol. The third-order valence-electron chi connectivity index (χ3n) is 18.0. The first-order valence-electron chi connectivity index (χ1n) is 31.5. The smallest absolute Gasteiger partial charge is 0.124 e. The molecule has 0 fully saturated rings. The lowest BCUT2D eigenvalue weighted by Crippen LogP contribution is -2.25. The fourth-order valence-corrected chi connectivity index (χ4v) is 13.6. The number of fused-ring (bicyclic) bond motifs is 4. The van der Waals surface area contributed by atoms with Gasteiger partial charge in [0.2, 0.25) is 0 Å². The summed E-state index contributed by atoms with van der Waals surface area (Å²) < 4.78 is 0. The quantitative estimate of drug-likeness (QED) is 0.0874. The Hall–Kier alpha value is -7.60. The highest BCUT2D eigenvalue weighted by atomic mass is 16.3. The standard InChI is InChI=1S/C76H86N8O/c1-7-60-66-44-77-38-50-22-30-54(31-23-50)72-18-14-20-74(83-72)56-34-26-52(27-35-56)40-79-46-68-61(8-2)69-47-80-41-53-28-36-57(37-29-53)75-21-15-19-73(84-75)55-32-24-51(25-33-55)39-78-45-67(60)63(10-4)70(62(66)9-3)48-81-42-58-16-13-17-59(76(58)85)43-82-49-71(64(68)11-5)65(69)12-6/h13-37,77-82,85H,7-12,38-49H2,1-6H3. The molecular formula is C76H86N8O. The van der Waals surface area contributed by atoms with Crippen LogP contribution in [0.5, 0.6) is 5.75 Å². The molecule has 0 unspecified atom stereocenters. The van der Waals surface area contributed by atoms with E-state index in [1.165, 1.54) is 89.0 Å². The van der Waals surface area contributed by atoms with Crippen LogP contribution in [0.4, 0.5) is 0 Å². The Morgan fingerprint density at radius 1 is 0.271 bits per heavy atom. The van der Waals surface area contributed by atoms with Crippen molar-refractivity contribution < 1.29 is 5.11 Å². The summed E-state index contributed by atoms with van der Waals surface area (Å²) in [5.74, 6) is 0.362. The third-order valence-corrected chi connectivity index (χ3v) is 18.0. The molecule has 0 atom stereocenters. The normalized spacial score (nSPS) is 14.4. The van der Waals surface area contributed by atoms with Gasteiger partial charge in [0.05, 0.1) is 22.8 Å². The van der Waals surface area contributed by atoms with Gasteiger partial charge in [0, 0.05) is 112 Å². The zero-order valence-corrected chi connectivity index (χ0v) is 51.0. The summed E-state index contributed by atoms with van der Waals surface area (Å²) in [6.07, 6.45) is 5.57. The van der Waals surface area contributed by atoms with Crippen LogP contribution in [0.25, 0.3) is 45.0 Å². The van der Waals surface area contributed by atoms with Crippen LogP contribution < -0.4 is 31.9 Å². The number of rotatable bonds is 6.